The third-order valence-corrected chi connectivity index (χ3v) is 2.51. The highest BCUT2D eigenvalue weighted by molar-refractivity contribution is 7.21. The van der Waals surface area contributed by atoms with Crippen LogP contribution in [0.15, 0.2) is 0 Å². The summed E-state index contributed by atoms with van der Waals surface area (Å²) in [5, 5.41) is 15.9. The van der Waals surface area contributed by atoms with Gasteiger partial charge in [0.2, 0.25) is 0 Å². The second kappa shape index (κ2) is 4.74. The molecule has 3 atom stereocenters. The first-order chi connectivity index (χ1) is 5.42. The molecule has 0 heterocycles. The van der Waals surface area contributed by atoms with Crippen LogP contribution in [0.3, 0.4) is 0 Å². The van der Waals surface area contributed by atoms with Gasteiger partial charge in [0.1, 0.15) is 0 Å². The molecule has 0 rings (SSSR count). The van der Waals surface area contributed by atoms with Gasteiger partial charge in [-0.1, -0.05) is 0 Å². The number of hydrogen-bond donors (Lipinski definition) is 2. The fourth-order valence-electron chi connectivity index (χ4n) is 0.798. The zero-order valence-electron chi connectivity index (χ0n) is 6.49. The lowest BCUT2D eigenvalue weighted by Gasteiger charge is -2.21. The Labute approximate surface area is 75.1 Å². The molecule has 70 valence electrons. The largest absolute Gasteiger partial charge is 0.481 e. The van der Waals surface area contributed by atoms with E-state index in [2.05, 4.69) is 18.5 Å². The van der Waals surface area contributed by atoms with Crippen LogP contribution in [-0.2, 0) is 9.59 Å². The third-order valence-electron chi connectivity index (χ3n) is 1.48. The molecule has 0 aliphatic carbocycles. The predicted molar refractivity (Wildman–Crippen MR) is 51.5 cm³/mol. The van der Waals surface area contributed by atoms with Crippen LogP contribution in [0.25, 0.3) is 0 Å². The van der Waals surface area contributed by atoms with Gasteiger partial charge in [-0.3, -0.25) is 9.59 Å². The average molecular weight is 210 g/mol. The van der Waals surface area contributed by atoms with Crippen molar-refractivity contribution in [3.8, 4) is 0 Å². The van der Waals surface area contributed by atoms with Gasteiger partial charge in [-0.25, -0.2) is 0 Å². The maximum Gasteiger partial charge on any atom is 0.314 e. The molecule has 0 radical (unpaired) electrons. The standard InChI is InChI=1S/C6H12O4P2/c7-4(8)3-6(12,1-2-11)5(9)10/h1-3,11-12H2,(H,7,8)(H,9,10). The minimum Gasteiger partial charge on any atom is -0.481 e. The Morgan fingerprint density at radius 2 is 1.83 bits per heavy atom. The summed E-state index contributed by atoms with van der Waals surface area (Å²) in [7, 11) is 4.48. The normalized spacial score (nSPS) is 15.2. The Kier molecular flexibility index (Phi) is 4.66. The predicted octanol–water partition coefficient (Wildman–Crippen LogP) is 0.425. The van der Waals surface area contributed by atoms with Crippen LogP contribution in [0, 0.1) is 0 Å². The van der Waals surface area contributed by atoms with Crippen molar-refractivity contribution in [2.24, 2.45) is 0 Å². The van der Waals surface area contributed by atoms with Crippen LogP contribution in [0.1, 0.15) is 12.8 Å². The van der Waals surface area contributed by atoms with Crippen LogP contribution in [0.5, 0.6) is 0 Å². The molecule has 0 amide bonds. The Morgan fingerprint density at radius 3 is 2.08 bits per heavy atom. The molecule has 0 bridgehead atoms. The van der Waals surface area contributed by atoms with Crippen molar-refractivity contribution in [3.63, 3.8) is 0 Å². The van der Waals surface area contributed by atoms with Crippen molar-refractivity contribution in [2.45, 2.75) is 18.0 Å². The molecular weight excluding hydrogens is 198 g/mol. The lowest BCUT2D eigenvalue weighted by Crippen LogP contribution is -2.34. The molecule has 0 aliphatic heterocycles. The second-order valence-corrected chi connectivity index (χ2v) is 4.25. The molecule has 0 aromatic heterocycles. The number of aliphatic carboxylic acids is 2. The van der Waals surface area contributed by atoms with E-state index in [4.69, 9.17) is 10.2 Å². The van der Waals surface area contributed by atoms with E-state index in [0.29, 0.717) is 12.6 Å². The molecule has 4 nitrogen and oxygen atoms in total. The summed E-state index contributed by atoms with van der Waals surface area (Å²) in [6, 6.07) is 0. The van der Waals surface area contributed by atoms with E-state index in [1.165, 1.54) is 0 Å². The fourth-order valence-corrected chi connectivity index (χ4v) is 1.99. The van der Waals surface area contributed by atoms with E-state index < -0.39 is 17.1 Å². The third kappa shape index (κ3) is 3.46. The summed E-state index contributed by atoms with van der Waals surface area (Å²) >= 11 is 0. The minimum atomic E-state index is -1.21. The van der Waals surface area contributed by atoms with Crippen LogP contribution >= 0.6 is 18.5 Å². The first kappa shape index (κ1) is 11.8. The van der Waals surface area contributed by atoms with Crippen molar-refractivity contribution in [1.82, 2.24) is 0 Å². The van der Waals surface area contributed by atoms with Gasteiger partial charge in [0, 0.05) is 0 Å². The Hall–Kier alpha value is -0.200. The molecular formula is C6H12O4P2. The summed E-state index contributed by atoms with van der Waals surface area (Å²) in [6.07, 6.45) is 0.536. The molecule has 0 aromatic carbocycles. The number of carboxylic acid groups (broad SMARTS) is 2. The van der Waals surface area contributed by atoms with Gasteiger partial charge in [0.15, 0.2) is 0 Å². The zero-order valence-corrected chi connectivity index (χ0v) is 8.80. The van der Waals surface area contributed by atoms with Crippen LogP contribution in [0.4, 0.5) is 0 Å². The molecule has 12 heavy (non-hydrogen) atoms. The van der Waals surface area contributed by atoms with Crippen molar-refractivity contribution < 1.29 is 19.8 Å². The monoisotopic (exact) mass is 210 g/mol. The van der Waals surface area contributed by atoms with Crippen molar-refractivity contribution >= 4 is 30.4 Å². The van der Waals surface area contributed by atoms with Gasteiger partial charge in [-0.05, 0) is 12.6 Å². The number of carbonyl (C=O) groups is 2. The number of carboxylic acids is 2. The van der Waals surface area contributed by atoms with Crippen molar-refractivity contribution in [3.05, 3.63) is 0 Å². The molecule has 6 heteroatoms. The number of hydrogen-bond acceptors (Lipinski definition) is 2. The van der Waals surface area contributed by atoms with E-state index >= 15 is 0 Å². The van der Waals surface area contributed by atoms with Crippen LogP contribution in [0.2, 0.25) is 0 Å². The highest BCUT2D eigenvalue weighted by Crippen LogP contribution is 2.28. The van der Waals surface area contributed by atoms with Crippen molar-refractivity contribution in [2.75, 3.05) is 6.16 Å². The van der Waals surface area contributed by atoms with E-state index in [9.17, 15) is 9.59 Å². The molecule has 3 unspecified atom stereocenters. The van der Waals surface area contributed by atoms with Gasteiger partial charge in [-0.15, -0.1) is 18.5 Å². The highest BCUT2D eigenvalue weighted by atomic mass is 31.0. The minimum absolute atomic E-state index is 0.323. The van der Waals surface area contributed by atoms with Gasteiger partial charge < -0.3 is 10.2 Å². The van der Waals surface area contributed by atoms with E-state index in [1.54, 1.807) is 0 Å². The maximum absolute atomic E-state index is 10.7. The summed E-state index contributed by atoms with van der Waals surface area (Å²) in [6.45, 7) is 0. The zero-order chi connectivity index (χ0) is 9.78. The molecule has 0 aliphatic rings. The van der Waals surface area contributed by atoms with Gasteiger partial charge >= 0.3 is 11.9 Å². The van der Waals surface area contributed by atoms with Crippen LogP contribution in [-0.4, -0.2) is 33.5 Å². The van der Waals surface area contributed by atoms with Crippen LogP contribution < -0.4 is 0 Å². The fraction of sp³-hybridized carbons (Fsp3) is 0.667. The molecule has 0 aromatic rings. The topological polar surface area (TPSA) is 74.6 Å². The maximum atomic E-state index is 10.7. The molecule has 2 N–H and O–H groups in total. The SMILES string of the molecule is O=C(O)CC(P)(CCP)C(=O)O. The average Bonchev–Trinajstić information content (AvgIpc) is 1.85. The van der Waals surface area contributed by atoms with E-state index in [1.807, 2.05) is 0 Å². The van der Waals surface area contributed by atoms with E-state index in [-0.39, 0.29) is 6.42 Å². The quantitative estimate of drug-likeness (QED) is 0.645. The molecule has 0 spiro atoms. The summed E-state index contributed by atoms with van der Waals surface area (Å²) in [5.41, 5.74) is 0. The summed E-state index contributed by atoms with van der Waals surface area (Å²) < 4.78 is 0. The lowest BCUT2D eigenvalue weighted by molar-refractivity contribution is -0.146. The Morgan fingerprint density at radius 1 is 1.33 bits per heavy atom. The summed E-state index contributed by atoms with van der Waals surface area (Å²) in [4.78, 5) is 21.0. The molecule has 0 saturated carbocycles. The Balaban J connectivity index is 4.38. The van der Waals surface area contributed by atoms with Crippen molar-refractivity contribution in [1.29, 1.82) is 0 Å². The molecule has 0 fully saturated rings. The number of rotatable bonds is 5. The summed E-state index contributed by atoms with van der Waals surface area (Å²) in [5.74, 6) is -2.18. The lowest BCUT2D eigenvalue weighted by atomic mass is 10.0. The molecule has 0 saturated heterocycles. The van der Waals surface area contributed by atoms with Gasteiger partial charge in [0.25, 0.3) is 0 Å². The second-order valence-electron chi connectivity index (χ2n) is 2.57. The van der Waals surface area contributed by atoms with Gasteiger partial charge in [-0.2, -0.15) is 0 Å². The Bertz CT molecular complexity index is 194. The first-order valence-corrected chi connectivity index (χ1v) is 4.76. The first-order valence-electron chi connectivity index (χ1n) is 3.36. The van der Waals surface area contributed by atoms with Gasteiger partial charge in [0.05, 0.1) is 11.6 Å². The highest BCUT2D eigenvalue weighted by Gasteiger charge is 2.34. The van der Waals surface area contributed by atoms with E-state index in [0.717, 1.165) is 0 Å². The smallest absolute Gasteiger partial charge is 0.314 e.